The molecule has 0 radical (unpaired) electrons. The smallest absolute Gasteiger partial charge is 0.115 e. The van der Waals surface area contributed by atoms with E-state index in [0.717, 1.165) is 18.4 Å². The molecule has 1 aliphatic rings. The van der Waals surface area contributed by atoms with Crippen LogP contribution >= 0.6 is 0 Å². The maximum absolute atomic E-state index is 5.77. The normalized spacial score (nSPS) is 27.9. The van der Waals surface area contributed by atoms with Crippen LogP contribution in [-0.2, 0) is 4.74 Å². The molecule has 1 fully saturated rings. The van der Waals surface area contributed by atoms with Gasteiger partial charge in [-0.15, -0.1) is 0 Å². The third-order valence-corrected chi connectivity index (χ3v) is 2.76. The second kappa shape index (κ2) is 4.65. The molecule has 5 heteroatoms. The van der Waals surface area contributed by atoms with Crippen LogP contribution < -0.4 is 11.3 Å². The van der Waals surface area contributed by atoms with E-state index < -0.39 is 0 Å². The lowest BCUT2D eigenvalue weighted by molar-refractivity contribution is 0.0314. The Morgan fingerprint density at radius 1 is 1.47 bits per heavy atom. The Kier molecular flexibility index (Phi) is 3.25. The lowest BCUT2D eigenvalue weighted by atomic mass is 10.0. The van der Waals surface area contributed by atoms with Crippen LogP contribution in [0.15, 0.2) is 18.7 Å². The quantitative estimate of drug-likeness (QED) is 0.560. The molecule has 3 atom stereocenters. The number of aromatic nitrogens is 2. The van der Waals surface area contributed by atoms with Crippen LogP contribution in [0.2, 0.25) is 0 Å². The molecule has 3 unspecified atom stereocenters. The second-order valence-electron chi connectivity index (χ2n) is 3.88. The van der Waals surface area contributed by atoms with E-state index in [1.807, 2.05) is 0 Å². The lowest BCUT2D eigenvalue weighted by Crippen LogP contribution is -2.36. The van der Waals surface area contributed by atoms with Crippen molar-refractivity contribution in [2.45, 2.75) is 38.0 Å². The van der Waals surface area contributed by atoms with Gasteiger partial charge in [0.15, 0.2) is 0 Å². The van der Waals surface area contributed by atoms with Crippen molar-refractivity contribution in [2.24, 2.45) is 5.84 Å². The Bertz CT molecular complexity index is 306. The molecule has 1 saturated heterocycles. The summed E-state index contributed by atoms with van der Waals surface area (Å²) in [6.07, 6.45) is 7.58. The van der Waals surface area contributed by atoms with E-state index in [1.54, 1.807) is 12.4 Å². The van der Waals surface area contributed by atoms with Gasteiger partial charge in [0, 0.05) is 18.0 Å². The zero-order valence-electron chi connectivity index (χ0n) is 8.76. The van der Waals surface area contributed by atoms with Crippen molar-refractivity contribution in [3.63, 3.8) is 0 Å². The minimum Gasteiger partial charge on any atom is -0.373 e. The first kappa shape index (κ1) is 10.5. The molecule has 0 aromatic carbocycles. The summed E-state index contributed by atoms with van der Waals surface area (Å²) in [6, 6.07) is -0.0175. The Morgan fingerprint density at radius 2 is 2.20 bits per heavy atom. The predicted octanol–water partition coefficient (Wildman–Crippen LogP) is 0.548. The molecule has 2 heterocycles. The minimum atomic E-state index is -0.0175. The van der Waals surface area contributed by atoms with Gasteiger partial charge < -0.3 is 4.74 Å². The summed E-state index contributed by atoms with van der Waals surface area (Å²) in [6.45, 7) is 2.08. The van der Waals surface area contributed by atoms with Gasteiger partial charge in [-0.25, -0.2) is 9.97 Å². The first-order valence-corrected chi connectivity index (χ1v) is 5.17. The van der Waals surface area contributed by atoms with E-state index >= 15 is 0 Å². The van der Waals surface area contributed by atoms with Crippen molar-refractivity contribution in [3.8, 4) is 0 Å². The number of nitrogens with one attached hydrogen (secondary N) is 1. The monoisotopic (exact) mass is 208 g/mol. The van der Waals surface area contributed by atoms with Crippen LogP contribution in [0, 0.1) is 0 Å². The van der Waals surface area contributed by atoms with Gasteiger partial charge in [0.2, 0.25) is 0 Å². The van der Waals surface area contributed by atoms with Gasteiger partial charge in [0.1, 0.15) is 6.33 Å². The molecule has 1 aromatic heterocycles. The van der Waals surface area contributed by atoms with Gasteiger partial charge in [0.05, 0.1) is 18.2 Å². The van der Waals surface area contributed by atoms with Crippen LogP contribution in [0.25, 0.3) is 0 Å². The maximum atomic E-state index is 5.77. The molecule has 0 bridgehead atoms. The molecule has 3 N–H and O–H groups in total. The van der Waals surface area contributed by atoms with Gasteiger partial charge in [-0.1, -0.05) is 0 Å². The third-order valence-electron chi connectivity index (χ3n) is 2.76. The molecule has 1 aromatic rings. The molecule has 15 heavy (non-hydrogen) atoms. The third kappa shape index (κ3) is 2.31. The number of hydrogen-bond acceptors (Lipinski definition) is 5. The van der Waals surface area contributed by atoms with Crippen LogP contribution in [0.1, 0.15) is 31.4 Å². The Labute approximate surface area is 89.0 Å². The Hall–Kier alpha value is -1.04. The number of ether oxygens (including phenoxy) is 1. The van der Waals surface area contributed by atoms with Crippen molar-refractivity contribution < 1.29 is 4.74 Å². The number of rotatable bonds is 3. The fourth-order valence-electron chi connectivity index (χ4n) is 1.97. The zero-order chi connectivity index (χ0) is 10.7. The number of hydrazine groups is 1. The van der Waals surface area contributed by atoms with Gasteiger partial charge in [-0.3, -0.25) is 11.3 Å². The first-order chi connectivity index (χ1) is 7.31. The molecule has 5 nitrogen and oxygen atoms in total. The van der Waals surface area contributed by atoms with Crippen LogP contribution in [0.4, 0.5) is 0 Å². The molecule has 0 saturated carbocycles. The van der Waals surface area contributed by atoms with Crippen molar-refractivity contribution in [1.82, 2.24) is 15.4 Å². The van der Waals surface area contributed by atoms with E-state index in [2.05, 4.69) is 22.3 Å². The van der Waals surface area contributed by atoms with E-state index in [9.17, 15) is 0 Å². The van der Waals surface area contributed by atoms with E-state index in [4.69, 9.17) is 10.6 Å². The molecule has 2 rings (SSSR count). The standard InChI is InChI=1S/C10H16N4O/c1-7-2-3-9(15-7)10(14-11)8-4-12-6-13-5-8/h4-7,9-10,14H,2-3,11H2,1H3. The topological polar surface area (TPSA) is 73.1 Å². The second-order valence-corrected chi connectivity index (χ2v) is 3.88. The number of hydrogen-bond donors (Lipinski definition) is 2. The van der Waals surface area contributed by atoms with E-state index in [-0.39, 0.29) is 12.1 Å². The highest BCUT2D eigenvalue weighted by Gasteiger charge is 2.30. The number of nitrogens with zero attached hydrogens (tertiary/aromatic N) is 2. The van der Waals surface area contributed by atoms with E-state index in [1.165, 1.54) is 6.33 Å². The molecule has 82 valence electrons. The van der Waals surface area contributed by atoms with Crippen LogP contribution in [0.5, 0.6) is 0 Å². The SMILES string of the molecule is CC1CCC(C(NN)c2cncnc2)O1. The maximum Gasteiger partial charge on any atom is 0.115 e. The summed E-state index contributed by atoms with van der Waals surface area (Å²) in [4.78, 5) is 7.96. The van der Waals surface area contributed by atoms with Crippen LogP contribution in [-0.4, -0.2) is 22.2 Å². The minimum absolute atomic E-state index is 0.0175. The molecule has 0 spiro atoms. The van der Waals surface area contributed by atoms with Gasteiger partial charge in [-0.05, 0) is 19.8 Å². The predicted molar refractivity (Wildman–Crippen MR) is 55.7 cm³/mol. The Morgan fingerprint density at radius 3 is 2.73 bits per heavy atom. The fraction of sp³-hybridized carbons (Fsp3) is 0.600. The molecular weight excluding hydrogens is 192 g/mol. The molecule has 1 aliphatic heterocycles. The highest BCUT2D eigenvalue weighted by molar-refractivity contribution is 5.11. The van der Waals surface area contributed by atoms with Crippen LogP contribution in [0.3, 0.4) is 0 Å². The van der Waals surface area contributed by atoms with Gasteiger partial charge in [0.25, 0.3) is 0 Å². The Balaban J connectivity index is 2.11. The molecule has 0 aliphatic carbocycles. The summed E-state index contributed by atoms with van der Waals surface area (Å²) in [7, 11) is 0. The highest BCUT2D eigenvalue weighted by Crippen LogP contribution is 2.28. The fourth-order valence-corrected chi connectivity index (χ4v) is 1.97. The van der Waals surface area contributed by atoms with Crippen molar-refractivity contribution in [3.05, 3.63) is 24.3 Å². The molecular formula is C10H16N4O. The summed E-state index contributed by atoms with van der Waals surface area (Å²) in [5.74, 6) is 5.54. The largest absolute Gasteiger partial charge is 0.373 e. The summed E-state index contributed by atoms with van der Waals surface area (Å²) < 4.78 is 5.77. The average molecular weight is 208 g/mol. The zero-order valence-corrected chi connectivity index (χ0v) is 8.76. The molecule has 0 amide bonds. The summed E-state index contributed by atoms with van der Waals surface area (Å²) >= 11 is 0. The summed E-state index contributed by atoms with van der Waals surface area (Å²) in [5, 5.41) is 0. The van der Waals surface area contributed by atoms with Gasteiger partial charge >= 0.3 is 0 Å². The van der Waals surface area contributed by atoms with Crippen molar-refractivity contribution in [2.75, 3.05) is 0 Å². The van der Waals surface area contributed by atoms with Crippen molar-refractivity contribution in [1.29, 1.82) is 0 Å². The number of nitrogens with two attached hydrogens (primary N) is 1. The lowest BCUT2D eigenvalue weighted by Gasteiger charge is -2.22. The van der Waals surface area contributed by atoms with Gasteiger partial charge in [-0.2, -0.15) is 0 Å². The van der Waals surface area contributed by atoms with E-state index in [0.29, 0.717) is 6.10 Å². The highest BCUT2D eigenvalue weighted by atomic mass is 16.5. The first-order valence-electron chi connectivity index (χ1n) is 5.17. The average Bonchev–Trinajstić information content (AvgIpc) is 2.68. The van der Waals surface area contributed by atoms with Crippen molar-refractivity contribution >= 4 is 0 Å². The summed E-state index contributed by atoms with van der Waals surface area (Å²) in [5.41, 5.74) is 3.75.